The van der Waals surface area contributed by atoms with E-state index in [0.717, 1.165) is 11.4 Å². The number of esters is 1. The van der Waals surface area contributed by atoms with Crippen LogP contribution in [0.15, 0.2) is 22.3 Å². The molecule has 0 aliphatic heterocycles. The van der Waals surface area contributed by atoms with Crippen LogP contribution < -0.4 is 0 Å². The molecule has 0 heterocycles. The second kappa shape index (κ2) is 7.17. The van der Waals surface area contributed by atoms with Crippen molar-refractivity contribution in [1.29, 1.82) is 0 Å². The summed E-state index contributed by atoms with van der Waals surface area (Å²) in [5, 5.41) is 0. The van der Waals surface area contributed by atoms with Crippen LogP contribution in [0.5, 0.6) is 0 Å². The number of methoxy groups -OCH3 is 1. The van der Waals surface area contributed by atoms with Crippen LogP contribution in [0.25, 0.3) is 0 Å². The van der Waals surface area contributed by atoms with Gasteiger partial charge in [0.1, 0.15) is 0 Å². The number of allylic oxidation sites excluding steroid dienone is 1. The minimum Gasteiger partial charge on any atom is -0.469 e. The number of hydrogen-bond acceptors (Lipinski definition) is 4. The zero-order valence-electron chi connectivity index (χ0n) is 10.0. The summed E-state index contributed by atoms with van der Waals surface area (Å²) in [7, 11) is 3.04. The van der Waals surface area contributed by atoms with E-state index in [-0.39, 0.29) is 5.97 Å². The molecule has 4 nitrogen and oxygen atoms in total. The van der Waals surface area contributed by atoms with E-state index >= 15 is 0 Å². The number of ether oxygens (including phenoxy) is 1. The highest BCUT2D eigenvalue weighted by atomic mass is 35.5. The maximum absolute atomic E-state index is 11.5. The van der Waals surface area contributed by atoms with Gasteiger partial charge in [0.05, 0.1) is 18.2 Å². The van der Waals surface area contributed by atoms with Crippen molar-refractivity contribution >= 4 is 29.0 Å². The molecule has 90 valence electrons. The average Bonchev–Trinajstić information content (AvgIpc) is 2.26. The quantitative estimate of drug-likeness (QED) is 0.551. The van der Waals surface area contributed by atoms with Gasteiger partial charge in [0.25, 0.3) is 0 Å². The third kappa shape index (κ3) is 5.07. The predicted molar refractivity (Wildman–Crippen MR) is 67.3 cm³/mol. The van der Waals surface area contributed by atoms with E-state index in [2.05, 4.69) is 9.98 Å². The highest BCUT2D eigenvalue weighted by Gasteiger charge is 2.29. The zero-order chi connectivity index (χ0) is 12.6. The molecule has 0 aromatic heterocycles. The molecule has 0 N–H and O–H groups in total. The van der Waals surface area contributed by atoms with Crippen LogP contribution in [0.2, 0.25) is 0 Å². The first-order chi connectivity index (χ1) is 7.47. The van der Waals surface area contributed by atoms with Crippen molar-refractivity contribution in [2.75, 3.05) is 14.2 Å². The van der Waals surface area contributed by atoms with Gasteiger partial charge in [-0.05, 0) is 19.9 Å². The van der Waals surface area contributed by atoms with Crippen molar-refractivity contribution in [2.45, 2.75) is 20.3 Å². The smallest absolute Gasteiger partial charge is 0.311 e. The largest absolute Gasteiger partial charge is 0.469 e. The van der Waals surface area contributed by atoms with Crippen molar-refractivity contribution in [3.63, 3.8) is 0 Å². The summed E-state index contributed by atoms with van der Waals surface area (Å²) in [6.07, 6.45) is 3.73. The fraction of sp³-hybridized carbons (Fsp3) is 0.545. The highest BCUT2D eigenvalue weighted by Crippen LogP contribution is 2.23. The molecular formula is C11H17ClN2O2. The predicted octanol–water partition coefficient (Wildman–Crippen LogP) is 2.43. The Hall–Kier alpha value is -1.16. The normalized spacial score (nSPS) is 13.7. The van der Waals surface area contributed by atoms with Gasteiger partial charge in [-0.1, -0.05) is 11.6 Å². The first-order valence-electron chi connectivity index (χ1n) is 4.80. The molecule has 0 atom stereocenters. The second-order valence-corrected chi connectivity index (χ2v) is 4.02. The summed E-state index contributed by atoms with van der Waals surface area (Å²) in [4.78, 5) is 19.2. The number of nitrogens with zero attached hydrogens (tertiary/aromatic N) is 2. The average molecular weight is 245 g/mol. The summed E-state index contributed by atoms with van der Waals surface area (Å²) in [6, 6.07) is 0. The molecule has 0 aromatic rings. The minimum absolute atomic E-state index is 0.261. The summed E-state index contributed by atoms with van der Waals surface area (Å²) in [6.45, 7) is 3.62. The maximum Gasteiger partial charge on any atom is 0.311 e. The van der Waals surface area contributed by atoms with Crippen LogP contribution in [-0.2, 0) is 9.53 Å². The summed E-state index contributed by atoms with van der Waals surface area (Å²) >= 11 is 5.28. The van der Waals surface area contributed by atoms with Crippen LogP contribution >= 0.6 is 11.6 Å². The van der Waals surface area contributed by atoms with Crippen LogP contribution in [-0.4, -0.2) is 31.5 Å². The Kier molecular flexibility index (Phi) is 6.65. The fourth-order valence-electron chi connectivity index (χ4n) is 1.18. The molecule has 0 unspecified atom stereocenters. The molecule has 0 aliphatic carbocycles. The van der Waals surface area contributed by atoms with E-state index < -0.39 is 5.41 Å². The van der Waals surface area contributed by atoms with Gasteiger partial charge < -0.3 is 4.74 Å². The number of carbonyl (C=O) groups excluding carboxylic acids is 1. The third-order valence-corrected chi connectivity index (χ3v) is 2.17. The third-order valence-electron chi connectivity index (χ3n) is 2.06. The monoisotopic (exact) mass is 244 g/mol. The van der Waals surface area contributed by atoms with E-state index in [4.69, 9.17) is 16.3 Å². The lowest BCUT2D eigenvalue weighted by Crippen LogP contribution is -2.28. The summed E-state index contributed by atoms with van der Waals surface area (Å²) in [5.74, 6) is -0.261. The molecule has 0 aromatic carbocycles. The molecule has 0 saturated heterocycles. The van der Waals surface area contributed by atoms with Gasteiger partial charge in [-0.15, -0.1) is 0 Å². The lowest BCUT2D eigenvalue weighted by molar-refractivity contribution is -0.150. The van der Waals surface area contributed by atoms with E-state index in [1.807, 2.05) is 13.8 Å². The maximum atomic E-state index is 11.5. The first-order valence-corrected chi connectivity index (χ1v) is 5.24. The van der Waals surface area contributed by atoms with E-state index in [1.54, 1.807) is 13.1 Å². The number of aliphatic imine (C=N–C) groups is 2. The number of halogens is 1. The van der Waals surface area contributed by atoms with Gasteiger partial charge in [-0.2, -0.15) is 0 Å². The lowest BCUT2D eigenvalue weighted by atomic mass is 9.87. The molecule has 0 bridgehead atoms. The Balaban J connectivity index is 4.61. The van der Waals surface area contributed by atoms with Crippen LogP contribution in [0, 0.1) is 5.41 Å². The van der Waals surface area contributed by atoms with Crippen LogP contribution in [0.3, 0.4) is 0 Å². The molecule has 0 radical (unpaired) electrons. The molecule has 16 heavy (non-hydrogen) atoms. The van der Waals surface area contributed by atoms with Gasteiger partial charge in [0.15, 0.2) is 0 Å². The summed E-state index contributed by atoms with van der Waals surface area (Å²) in [5.41, 5.74) is 1.33. The highest BCUT2D eigenvalue weighted by molar-refractivity contribution is 6.56. The van der Waals surface area contributed by atoms with Crippen molar-refractivity contribution in [2.24, 2.45) is 15.4 Å². The minimum atomic E-state index is -0.599. The van der Waals surface area contributed by atoms with Gasteiger partial charge in [-0.3, -0.25) is 14.8 Å². The van der Waals surface area contributed by atoms with E-state index in [0.29, 0.717) is 6.42 Å². The van der Waals surface area contributed by atoms with Gasteiger partial charge in [-0.25, -0.2) is 0 Å². The fourth-order valence-corrected chi connectivity index (χ4v) is 1.24. The molecule has 0 aliphatic rings. The second-order valence-electron chi connectivity index (χ2n) is 3.83. The molecule has 0 amide bonds. The Morgan fingerprint density at radius 1 is 1.50 bits per heavy atom. The standard InChI is InChI=1S/C11H17ClN2O2/c1-11(2,10(15)16-4)7-9(13-3)5-6-14-8-12/h5-6,8H,7H2,1-4H3/b6-5-,13-9?,14-8?. The Bertz CT molecular complexity index is 320. The van der Waals surface area contributed by atoms with E-state index in [9.17, 15) is 4.79 Å². The zero-order valence-corrected chi connectivity index (χ0v) is 10.8. The Morgan fingerprint density at radius 3 is 2.56 bits per heavy atom. The molecule has 5 heteroatoms. The Labute approximate surface area is 101 Å². The van der Waals surface area contributed by atoms with Gasteiger partial charge >= 0.3 is 5.97 Å². The SMILES string of the molecule is CN=C(/C=C\N=CCl)CC(C)(C)C(=O)OC. The molecule has 0 saturated carbocycles. The molecule has 0 spiro atoms. The number of carbonyl (C=O) groups is 1. The van der Waals surface area contributed by atoms with Crippen LogP contribution in [0.1, 0.15) is 20.3 Å². The van der Waals surface area contributed by atoms with Crippen molar-refractivity contribution in [1.82, 2.24) is 0 Å². The molecule has 0 fully saturated rings. The summed E-state index contributed by atoms with van der Waals surface area (Å²) < 4.78 is 4.72. The topological polar surface area (TPSA) is 51.0 Å². The lowest BCUT2D eigenvalue weighted by Gasteiger charge is -2.20. The molecule has 0 rings (SSSR count). The van der Waals surface area contributed by atoms with E-state index in [1.165, 1.54) is 13.3 Å². The first kappa shape index (κ1) is 14.8. The molecular weight excluding hydrogens is 228 g/mol. The van der Waals surface area contributed by atoms with Crippen LogP contribution in [0.4, 0.5) is 0 Å². The van der Waals surface area contributed by atoms with Crippen molar-refractivity contribution < 1.29 is 9.53 Å². The van der Waals surface area contributed by atoms with Crippen molar-refractivity contribution in [3.8, 4) is 0 Å². The van der Waals surface area contributed by atoms with Crippen molar-refractivity contribution in [3.05, 3.63) is 12.3 Å². The van der Waals surface area contributed by atoms with Gasteiger partial charge in [0, 0.05) is 25.4 Å². The number of hydrogen-bond donors (Lipinski definition) is 0. The number of rotatable bonds is 5. The van der Waals surface area contributed by atoms with Gasteiger partial charge in [0.2, 0.25) is 0 Å². The Morgan fingerprint density at radius 2 is 2.12 bits per heavy atom.